The summed E-state index contributed by atoms with van der Waals surface area (Å²) in [7, 11) is 1.32. The van der Waals surface area contributed by atoms with E-state index in [2.05, 4.69) is 4.98 Å². The first-order chi connectivity index (χ1) is 8.13. The fraction of sp³-hybridized carbons (Fsp3) is 0.0833. The van der Waals surface area contributed by atoms with Crippen LogP contribution in [0.15, 0.2) is 30.5 Å². The van der Waals surface area contributed by atoms with Crippen molar-refractivity contribution in [1.29, 1.82) is 0 Å². The average Bonchev–Trinajstić information content (AvgIpc) is 2.30. The Morgan fingerprint density at radius 3 is 2.71 bits per heavy atom. The quantitative estimate of drug-likeness (QED) is 0.873. The molecule has 1 heterocycles. The predicted molar refractivity (Wildman–Crippen MR) is 57.8 cm³/mol. The summed E-state index contributed by atoms with van der Waals surface area (Å²) >= 11 is 0. The number of aromatic hydroxyl groups is 1. The van der Waals surface area contributed by atoms with Crippen LogP contribution in [0.3, 0.4) is 0 Å². The molecule has 0 amide bonds. The zero-order valence-corrected chi connectivity index (χ0v) is 8.95. The molecule has 0 atom stereocenters. The molecule has 2 aromatic rings. The Bertz CT molecular complexity index is 558. The van der Waals surface area contributed by atoms with E-state index in [1.54, 1.807) is 0 Å². The largest absolute Gasteiger partial charge is 0.506 e. The molecule has 1 N–H and O–H groups in total. The van der Waals surface area contributed by atoms with Gasteiger partial charge < -0.3 is 9.84 Å². The predicted octanol–water partition coefficient (Wildman–Crippen LogP) is 2.74. The molecule has 0 unspecified atom stereocenters. The third-order valence-corrected chi connectivity index (χ3v) is 2.27. The summed E-state index contributed by atoms with van der Waals surface area (Å²) < 4.78 is 32.2. The average molecular weight is 237 g/mol. The monoisotopic (exact) mass is 237 g/mol. The lowest BCUT2D eigenvalue weighted by Gasteiger charge is -2.07. The van der Waals surface area contributed by atoms with Crippen LogP contribution in [0.5, 0.6) is 11.5 Å². The van der Waals surface area contributed by atoms with E-state index in [0.717, 1.165) is 12.3 Å². The highest BCUT2D eigenvalue weighted by Gasteiger charge is 2.15. The van der Waals surface area contributed by atoms with Crippen LogP contribution in [-0.4, -0.2) is 17.2 Å². The summed E-state index contributed by atoms with van der Waals surface area (Å²) in [6.07, 6.45) is 1.05. The number of hydrogen-bond acceptors (Lipinski definition) is 3. The normalized spacial score (nSPS) is 10.3. The molecule has 5 heteroatoms. The van der Waals surface area contributed by atoms with Gasteiger partial charge in [0, 0.05) is 11.6 Å². The maximum atomic E-state index is 13.8. The number of benzene rings is 1. The standard InChI is InChI=1S/C12H9F2NO2/c1-17-10-4-2-3-8(11(10)14)12-9(13)5-7(16)6-15-12/h2-6,16H,1H3. The summed E-state index contributed by atoms with van der Waals surface area (Å²) in [6, 6.07) is 5.23. The topological polar surface area (TPSA) is 42.4 Å². The fourth-order valence-corrected chi connectivity index (χ4v) is 1.48. The van der Waals surface area contributed by atoms with Gasteiger partial charge in [-0.15, -0.1) is 0 Å². The van der Waals surface area contributed by atoms with Crippen LogP contribution in [0.4, 0.5) is 8.78 Å². The molecule has 0 saturated heterocycles. The molecule has 0 radical (unpaired) electrons. The van der Waals surface area contributed by atoms with Gasteiger partial charge in [0.15, 0.2) is 17.4 Å². The first-order valence-corrected chi connectivity index (χ1v) is 4.81. The Morgan fingerprint density at radius 2 is 2.06 bits per heavy atom. The molecule has 1 aromatic heterocycles. The Kier molecular flexibility index (Phi) is 2.91. The van der Waals surface area contributed by atoms with Gasteiger partial charge >= 0.3 is 0 Å². The van der Waals surface area contributed by atoms with Crippen molar-refractivity contribution < 1.29 is 18.6 Å². The van der Waals surface area contributed by atoms with Gasteiger partial charge in [0.05, 0.1) is 13.3 Å². The molecule has 2 rings (SSSR count). The van der Waals surface area contributed by atoms with Crippen LogP contribution in [0.2, 0.25) is 0 Å². The Morgan fingerprint density at radius 1 is 1.29 bits per heavy atom. The van der Waals surface area contributed by atoms with Crippen molar-refractivity contribution in [3.05, 3.63) is 42.1 Å². The van der Waals surface area contributed by atoms with Crippen molar-refractivity contribution in [2.75, 3.05) is 7.11 Å². The molecule has 0 aliphatic heterocycles. The number of halogens is 2. The van der Waals surface area contributed by atoms with Crippen molar-refractivity contribution in [1.82, 2.24) is 4.98 Å². The highest BCUT2D eigenvalue weighted by molar-refractivity contribution is 5.63. The molecule has 0 spiro atoms. The van der Waals surface area contributed by atoms with E-state index in [4.69, 9.17) is 9.84 Å². The second-order valence-electron chi connectivity index (χ2n) is 3.35. The summed E-state index contributed by atoms with van der Waals surface area (Å²) in [4.78, 5) is 3.66. The number of nitrogens with zero attached hydrogens (tertiary/aromatic N) is 1. The van der Waals surface area contributed by atoms with Gasteiger partial charge in [-0.05, 0) is 12.1 Å². The van der Waals surface area contributed by atoms with Gasteiger partial charge in [-0.2, -0.15) is 0 Å². The Hall–Kier alpha value is -2.17. The van der Waals surface area contributed by atoms with Crippen molar-refractivity contribution in [2.24, 2.45) is 0 Å². The van der Waals surface area contributed by atoms with Crippen LogP contribution in [0, 0.1) is 11.6 Å². The van der Waals surface area contributed by atoms with Crippen LogP contribution in [0.1, 0.15) is 0 Å². The van der Waals surface area contributed by atoms with E-state index >= 15 is 0 Å². The number of rotatable bonds is 2. The Labute approximate surface area is 96.3 Å². The van der Waals surface area contributed by atoms with Gasteiger partial charge in [-0.25, -0.2) is 13.8 Å². The number of methoxy groups -OCH3 is 1. The third kappa shape index (κ3) is 2.04. The lowest BCUT2D eigenvalue weighted by atomic mass is 10.1. The summed E-state index contributed by atoms with van der Waals surface area (Å²) in [5, 5.41) is 9.03. The third-order valence-electron chi connectivity index (χ3n) is 2.27. The van der Waals surface area contributed by atoms with E-state index in [0.29, 0.717) is 0 Å². The maximum Gasteiger partial charge on any atom is 0.174 e. The lowest BCUT2D eigenvalue weighted by Crippen LogP contribution is -1.95. The van der Waals surface area contributed by atoms with Crippen molar-refractivity contribution >= 4 is 0 Å². The molecule has 0 aliphatic rings. The lowest BCUT2D eigenvalue weighted by molar-refractivity contribution is 0.387. The first kappa shape index (κ1) is 11.3. The molecule has 17 heavy (non-hydrogen) atoms. The van der Waals surface area contributed by atoms with Gasteiger partial charge in [0.1, 0.15) is 11.4 Å². The first-order valence-electron chi connectivity index (χ1n) is 4.81. The minimum Gasteiger partial charge on any atom is -0.506 e. The van der Waals surface area contributed by atoms with E-state index in [-0.39, 0.29) is 22.8 Å². The van der Waals surface area contributed by atoms with E-state index in [1.807, 2.05) is 0 Å². The molecule has 0 aliphatic carbocycles. The van der Waals surface area contributed by atoms with E-state index in [9.17, 15) is 8.78 Å². The molecule has 0 bridgehead atoms. The molecule has 3 nitrogen and oxygen atoms in total. The van der Waals surface area contributed by atoms with Gasteiger partial charge in [0.2, 0.25) is 0 Å². The van der Waals surface area contributed by atoms with Crippen LogP contribution >= 0.6 is 0 Å². The van der Waals surface area contributed by atoms with Gasteiger partial charge in [-0.3, -0.25) is 0 Å². The zero-order chi connectivity index (χ0) is 12.4. The number of ether oxygens (including phenoxy) is 1. The molecule has 0 saturated carbocycles. The molecule has 0 fully saturated rings. The molecular weight excluding hydrogens is 228 g/mol. The zero-order valence-electron chi connectivity index (χ0n) is 8.95. The van der Waals surface area contributed by atoms with Crippen molar-refractivity contribution in [3.8, 4) is 22.8 Å². The smallest absolute Gasteiger partial charge is 0.174 e. The Balaban J connectivity index is 2.60. The second kappa shape index (κ2) is 4.37. The van der Waals surface area contributed by atoms with E-state index in [1.165, 1.54) is 25.3 Å². The molecular formula is C12H9F2NO2. The van der Waals surface area contributed by atoms with Crippen LogP contribution in [0.25, 0.3) is 11.3 Å². The van der Waals surface area contributed by atoms with Gasteiger partial charge in [-0.1, -0.05) is 6.07 Å². The molecule has 88 valence electrons. The minimum atomic E-state index is -0.794. The van der Waals surface area contributed by atoms with E-state index < -0.39 is 11.6 Å². The fourth-order valence-electron chi connectivity index (χ4n) is 1.48. The van der Waals surface area contributed by atoms with Crippen molar-refractivity contribution in [2.45, 2.75) is 0 Å². The van der Waals surface area contributed by atoms with Crippen LogP contribution < -0.4 is 4.74 Å². The maximum absolute atomic E-state index is 13.8. The minimum absolute atomic E-state index is 0.0109. The number of pyridine rings is 1. The summed E-state index contributed by atoms with van der Waals surface area (Å²) in [5.41, 5.74) is -0.180. The number of hydrogen-bond donors (Lipinski definition) is 1. The highest BCUT2D eigenvalue weighted by Crippen LogP contribution is 2.30. The van der Waals surface area contributed by atoms with Crippen molar-refractivity contribution in [3.63, 3.8) is 0 Å². The summed E-state index contributed by atoms with van der Waals surface area (Å²) in [5.74, 6) is -1.78. The number of aromatic nitrogens is 1. The highest BCUT2D eigenvalue weighted by atomic mass is 19.1. The van der Waals surface area contributed by atoms with Crippen LogP contribution in [-0.2, 0) is 0 Å². The SMILES string of the molecule is COc1cccc(-c2ncc(O)cc2F)c1F. The molecule has 1 aromatic carbocycles. The second-order valence-corrected chi connectivity index (χ2v) is 3.35. The van der Waals surface area contributed by atoms with Gasteiger partial charge in [0.25, 0.3) is 0 Å². The summed E-state index contributed by atoms with van der Waals surface area (Å²) in [6.45, 7) is 0.